The Labute approximate surface area is 109 Å². The quantitative estimate of drug-likeness (QED) is 0.447. The van der Waals surface area contributed by atoms with E-state index in [9.17, 15) is 9.59 Å². The molecule has 0 heterocycles. The molecular formula is C12H25N3O3. The average molecular weight is 259 g/mol. The van der Waals surface area contributed by atoms with E-state index in [1.807, 2.05) is 0 Å². The molecule has 0 fully saturated rings. The number of ether oxygens (including phenoxy) is 1. The van der Waals surface area contributed by atoms with Gasteiger partial charge in [0.25, 0.3) is 0 Å². The molecule has 18 heavy (non-hydrogen) atoms. The second kappa shape index (κ2) is 12.3. The van der Waals surface area contributed by atoms with Gasteiger partial charge >= 0.3 is 0 Å². The Morgan fingerprint density at radius 3 is 2.44 bits per heavy atom. The van der Waals surface area contributed by atoms with Crippen molar-refractivity contribution < 1.29 is 14.3 Å². The van der Waals surface area contributed by atoms with Gasteiger partial charge in [0, 0.05) is 20.1 Å². The predicted octanol–water partition coefficient (Wildman–Crippen LogP) is -0.226. The lowest BCUT2D eigenvalue weighted by atomic mass is 10.1. The molecule has 0 aliphatic carbocycles. The van der Waals surface area contributed by atoms with Gasteiger partial charge in [-0.15, -0.1) is 0 Å². The average Bonchev–Trinajstić information content (AvgIpc) is 2.36. The number of carbonyl (C=O) groups excluding carboxylic acids is 2. The van der Waals surface area contributed by atoms with Crippen LogP contribution in [0.25, 0.3) is 0 Å². The normalized spacial score (nSPS) is 10.1. The zero-order chi connectivity index (χ0) is 13.6. The second-order valence-electron chi connectivity index (χ2n) is 4.07. The fourth-order valence-electron chi connectivity index (χ4n) is 1.41. The maximum absolute atomic E-state index is 11.4. The number of unbranched alkanes of at least 4 members (excludes halogenated alkanes) is 3. The lowest BCUT2D eigenvalue weighted by Crippen LogP contribution is -2.38. The number of amides is 2. The first-order chi connectivity index (χ1) is 8.70. The number of carbonyl (C=O) groups is 2. The monoisotopic (exact) mass is 259 g/mol. The molecule has 6 heteroatoms. The van der Waals surface area contributed by atoms with Crippen LogP contribution in [0.3, 0.4) is 0 Å². The van der Waals surface area contributed by atoms with Gasteiger partial charge in [-0.2, -0.15) is 0 Å². The Morgan fingerprint density at radius 2 is 1.78 bits per heavy atom. The molecule has 2 amide bonds. The summed E-state index contributed by atoms with van der Waals surface area (Å²) in [6.07, 6.45) is 4.38. The van der Waals surface area contributed by atoms with E-state index < -0.39 is 0 Å². The molecule has 0 spiro atoms. The zero-order valence-corrected chi connectivity index (χ0v) is 11.2. The lowest BCUT2D eigenvalue weighted by molar-refractivity contribution is -0.126. The number of rotatable bonds is 11. The highest BCUT2D eigenvalue weighted by Crippen LogP contribution is 2.01. The van der Waals surface area contributed by atoms with Gasteiger partial charge in [-0.3, -0.25) is 9.59 Å². The van der Waals surface area contributed by atoms with Gasteiger partial charge in [0.1, 0.15) is 0 Å². The number of methoxy groups -OCH3 is 1. The molecule has 0 unspecified atom stereocenters. The summed E-state index contributed by atoms with van der Waals surface area (Å²) in [5, 5.41) is 5.21. The molecule has 0 aliphatic rings. The van der Waals surface area contributed by atoms with E-state index in [-0.39, 0.29) is 18.4 Å². The van der Waals surface area contributed by atoms with E-state index in [1.165, 1.54) is 0 Å². The van der Waals surface area contributed by atoms with Crippen LogP contribution in [0.4, 0.5) is 0 Å². The summed E-state index contributed by atoms with van der Waals surface area (Å²) in [4.78, 5) is 22.6. The van der Waals surface area contributed by atoms with E-state index >= 15 is 0 Å². The molecule has 0 saturated carbocycles. The van der Waals surface area contributed by atoms with E-state index in [4.69, 9.17) is 10.5 Å². The van der Waals surface area contributed by atoms with Crippen molar-refractivity contribution in [3.05, 3.63) is 0 Å². The number of nitrogens with one attached hydrogen (secondary N) is 2. The maximum atomic E-state index is 11.4. The summed E-state index contributed by atoms with van der Waals surface area (Å²) >= 11 is 0. The highest BCUT2D eigenvalue weighted by atomic mass is 16.5. The summed E-state index contributed by atoms with van der Waals surface area (Å²) in [6.45, 7) is 1.67. The molecule has 0 bridgehead atoms. The minimum absolute atomic E-state index is 0.0331. The number of hydrogen-bond acceptors (Lipinski definition) is 4. The zero-order valence-electron chi connectivity index (χ0n) is 11.2. The molecule has 0 aliphatic heterocycles. The Morgan fingerprint density at radius 1 is 1.06 bits per heavy atom. The fraction of sp³-hybridized carbons (Fsp3) is 0.833. The van der Waals surface area contributed by atoms with Crippen molar-refractivity contribution in [2.75, 3.05) is 33.4 Å². The molecule has 0 aromatic carbocycles. The van der Waals surface area contributed by atoms with Gasteiger partial charge in [0.15, 0.2) is 0 Å². The first-order valence-corrected chi connectivity index (χ1v) is 6.43. The molecule has 4 N–H and O–H groups in total. The topological polar surface area (TPSA) is 93.5 Å². The van der Waals surface area contributed by atoms with Crippen LogP contribution in [0.2, 0.25) is 0 Å². The van der Waals surface area contributed by atoms with Crippen molar-refractivity contribution in [2.45, 2.75) is 32.1 Å². The second-order valence-corrected chi connectivity index (χ2v) is 4.07. The molecule has 6 nitrogen and oxygen atoms in total. The lowest BCUT2D eigenvalue weighted by Gasteiger charge is -2.06. The SMILES string of the molecule is COCCNC(=O)CNC(=O)CCCCCCN. The summed E-state index contributed by atoms with van der Waals surface area (Å²) in [5.41, 5.74) is 5.37. The third-order valence-corrected chi connectivity index (χ3v) is 2.43. The van der Waals surface area contributed by atoms with Crippen LogP contribution in [0.1, 0.15) is 32.1 Å². The van der Waals surface area contributed by atoms with Crippen LogP contribution in [0, 0.1) is 0 Å². The molecule has 0 aromatic heterocycles. The van der Waals surface area contributed by atoms with Crippen LogP contribution in [-0.2, 0) is 14.3 Å². The van der Waals surface area contributed by atoms with E-state index in [2.05, 4.69) is 10.6 Å². The first-order valence-electron chi connectivity index (χ1n) is 6.43. The van der Waals surface area contributed by atoms with Gasteiger partial charge < -0.3 is 21.1 Å². The number of hydrogen-bond donors (Lipinski definition) is 3. The summed E-state index contributed by atoms with van der Waals surface area (Å²) in [7, 11) is 1.57. The van der Waals surface area contributed by atoms with Crippen LogP contribution in [-0.4, -0.2) is 45.2 Å². The van der Waals surface area contributed by atoms with E-state index in [0.717, 1.165) is 25.7 Å². The molecule has 0 rings (SSSR count). The maximum Gasteiger partial charge on any atom is 0.239 e. The van der Waals surface area contributed by atoms with Crippen molar-refractivity contribution in [3.8, 4) is 0 Å². The van der Waals surface area contributed by atoms with Gasteiger partial charge in [0.05, 0.1) is 13.2 Å². The Hall–Kier alpha value is -1.14. The molecule has 0 saturated heterocycles. The standard InChI is InChI=1S/C12H25N3O3/c1-18-9-8-14-12(17)10-15-11(16)6-4-2-3-5-7-13/h2-10,13H2,1H3,(H,14,17)(H,15,16). The molecule has 0 aromatic rings. The Balaban J connectivity index is 3.37. The highest BCUT2D eigenvalue weighted by molar-refractivity contribution is 5.84. The minimum atomic E-state index is -0.191. The summed E-state index contributed by atoms with van der Waals surface area (Å²) < 4.78 is 4.79. The van der Waals surface area contributed by atoms with Crippen LogP contribution in [0.15, 0.2) is 0 Å². The van der Waals surface area contributed by atoms with Gasteiger partial charge in [-0.1, -0.05) is 12.8 Å². The van der Waals surface area contributed by atoms with Crippen molar-refractivity contribution in [2.24, 2.45) is 5.73 Å². The molecule has 106 valence electrons. The fourth-order valence-corrected chi connectivity index (χ4v) is 1.41. The third-order valence-electron chi connectivity index (χ3n) is 2.43. The van der Waals surface area contributed by atoms with Crippen molar-refractivity contribution >= 4 is 11.8 Å². The molecule has 0 atom stereocenters. The van der Waals surface area contributed by atoms with Gasteiger partial charge in [0.2, 0.25) is 11.8 Å². The number of nitrogens with two attached hydrogens (primary N) is 1. The van der Waals surface area contributed by atoms with Crippen LogP contribution in [0.5, 0.6) is 0 Å². The Kier molecular flexibility index (Phi) is 11.5. The minimum Gasteiger partial charge on any atom is -0.383 e. The van der Waals surface area contributed by atoms with Crippen LogP contribution >= 0.6 is 0 Å². The molecule has 0 radical (unpaired) electrons. The van der Waals surface area contributed by atoms with Crippen molar-refractivity contribution in [1.82, 2.24) is 10.6 Å². The van der Waals surface area contributed by atoms with Crippen LogP contribution < -0.4 is 16.4 Å². The predicted molar refractivity (Wildman–Crippen MR) is 70.0 cm³/mol. The summed E-state index contributed by atoms with van der Waals surface area (Å²) in [6, 6.07) is 0. The Bertz CT molecular complexity index is 235. The van der Waals surface area contributed by atoms with E-state index in [0.29, 0.717) is 26.1 Å². The van der Waals surface area contributed by atoms with Gasteiger partial charge in [-0.05, 0) is 19.4 Å². The highest BCUT2D eigenvalue weighted by Gasteiger charge is 2.04. The van der Waals surface area contributed by atoms with E-state index in [1.54, 1.807) is 7.11 Å². The first kappa shape index (κ1) is 16.9. The van der Waals surface area contributed by atoms with Crippen molar-refractivity contribution in [3.63, 3.8) is 0 Å². The smallest absolute Gasteiger partial charge is 0.239 e. The largest absolute Gasteiger partial charge is 0.383 e. The van der Waals surface area contributed by atoms with Gasteiger partial charge in [-0.25, -0.2) is 0 Å². The third kappa shape index (κ3) is 11.3. The van der Waals surface area contributed by atoms with Crippen molar-refractivity contribution in [1.29, 1.82) is 0 Å². The summed E-state index contributed by atoms with van der Waals surface area (Å²) in [5.74, 6) is -0.270. The molecular weight excluding hydrogens is 234 g/mol.